The van der Waals surface area contributed by atoms with Crippen molar-refractivity contribution in [3.8, 4) is 0 Å². The lowest BCUT2D eigenvalue weighted by Crippen LogP contribution is -2.30. The minimum atomic E-state index is -0.325. The Kier molecular flexibility index (Phi) is 5.64. The molecular formula is C14H23ClN2O2. The first-order valence-corrected chi connectivity index (χ1v) is 7.87. The minimum absolute atomic E-state index is 0.325. The monoisotopic (exact) mass is 286 g/mol. The second-order valence-electron chi connectivity index (χ2n) is 5.15. The van der Waals surface area contributed by atoms with Crippen LogP contribution in [-0.4, -0.2) is 22.6 Å². The predicted molar refractivity (Wildman–Crippen MR) is 74.3 cm³/mol. The molecule has 0 unspecified atom stereocenters. The molecule has 108 valence electrons. The summed E-state index contributed by atoms with van der Waals surface area (Å²) in [6.07, 6.45) is 8.49. The minimum Gasteiger partial charge on any atom is -0.367 e. The number of hydrogen-bond donors (Lipinski definition) is 0. The molecule has 1 fully saturated rings. The fourth-order valence-corrected chi connectivity index (χ4v) is 2.90. The average molecular weight is 287 g/mol. The Balaban J connectivity index is 2.14. The van der Waals surface area contributed by atoms with Crippen LogP contribution in [0.15, 0.2) is 4.52 Å². The van der Waals surface area contributed by atoms with E-state index in [-0.39, 0.29) is 5.60 Å². The van der Waals surface area contributed by atoms with Gasteiger partial charge in [-0.05, 0) is 26.2 Å². The van der Waals surface area contributed by atoms with Crippen molar-refractivity contribution >= 4 is 11.6 Å². The van der Waals surface area contributed by atoms with Gasteiger partial charge in [-0.3, -0.25) is 0 Å². The molecule has 0 atom stereocenters. The van der Waals surface area contributed by atoms with Gasteiger partial charge in [0.1, 0.15) is 5.60 Å². The van der Waals surface area contributed by atoms with Gasteiger partial charge in [-0.1, -0.05) is 30.8 Å². The number of hydrogen-bond acceptors (Lipinski definition) is 4. The summed E-state index contributed by atoms with van der Waals surface area (Å²) in [7, 11) is 0. The molecule has 1 saturated carbocycles. The summed E-state index contributed by atoms with van der Waals surface area (Å²) in [5.41, 5.74) is -0.325. The third-order valence-electron chi connectivity index (χ3n) is 3.73. The zero-order valence-corrected chi connectivity index (χ0v) is 12.4. The number of halogens is 1. The second-order valence-corrected chi connectivity index (χ2v) is 5.52. The van der Waals surface area contributed by atoms with Gasteiger partial charge in [0, 0.05) is 18.9 Å². The van der Waals surface area contributed by atoms with Crippen LogP contribution in [0.25, 0.3) is 0 Å². The largest absolute Gasteiger partial charge is 0.367 e. The van der Waals surface area contributed by atoms with E-state index < -0.39 is 0 Å². The molecule has 2 rings (SSSR count). The van der Waals surface area contributed by atoms with E-state index in [1.165, 1.54) is 25.7 Å². The molecule has 1 aliphatic carbocycles. The Morgan fingerprint density at radius 3 is 2.63 bits per heavy atom. The number of alkyl halides is 1. The molecule has 0 aromatic carbocycles. The quantitative estimate of drug-likeness (QED) is 0.589. The van der Waals surface area contributed by atoms with Gasteiger partial charge in [0.25, 0.3) is 0 Å². The van der Waals surface area contributed by atoms with Crippen LogP contribution in [0.5, 0.6) is 0 Å². The van der Waals surface area contributed by atoms with Gasteiger partial charge in [-0.25, -0.2) is 0 Å². The highest BCUT2D eigenvalue weighted by atomic mass is 35.5. The van der Waals surface area contributed by atoms with E-state index in [0.717, 1.165) is 31.5 Å². The summed E-state index contributed by atoms with van der Waals surface area (Å²) < 4.78 is 11.4. The summed E-state index contributed by atoms with van der Waals surface area (Å²) in [4.78, 5) is 4.54. The van der Waals surface area contributed by atoms with Crippen molar-refractivity contribution in [3.05, 3.63) is 11.7 Å². The van der Waals surface area contributed by atoms with Crippen molar-refractivity contribution in [3.63, 3.8) is 0 Å². The number of rotatable bonds is 6. The molecule has 0 aliphatic heterocycles. The average Bonchev–Trinajstić information content (AvgIpc) is 2.77. The molecule has 1 heterocycles. The van der Waals surface area contributed by atoms with E-state index in [2.05, 4.69) is 10.1 Å². The third kappa shape index (κ3) is 3.69. The Hall–Kier alpha value is -0.610. The molecule has 5 heteroatoms. The van der Waals surface area contributed by atoms with Crippen LogP contribution >= 0.6 is 11.6 Å². The maximum Gasteiger partial charge on any atom is 0.226 e. The molecule has 0 spiro atoms. The molecule has 19 heavy (non-hydrogen) atoms. The van der Waals surface area contributed by atoms with Gasteiger partial charge in [-0.2, -0.15) is 4.98 Å². The van der Waals surface area contributed by atoms with Crippen LogP contribution in [0.4, 0.5) is 0 Å². The number of nitrogens with zero attached hydrogens (tertiary/aromatic N) is 2. The summed E-state index contributed by atoms with van der Waals surface area (Å²) in [5.74, 6) is 2.04. The molecule has 1 aliphatic rings. The number of aromatic nitrogens is 2. The van der Waals surface area contributed by atoms with Gasteiger partial charge in [-0.15, -0.1) is 11.6 Å². The van der Waals surface area contributed by atoms with Crippen molar-refractivity contribution < 1.29 is 9.26 Å². The normalized spacial score (nSPS) is 19.3. The Bertz CT molecular complexity index is 373. The van der Waals surface area contributed by atoms with E-state index in [9.17, 15) is 0 Å². The van der Waals surface area contributed by atoms with Gasteiger partial charge in [0.05, 0.1) is 0 Å². The molecule has 0 amide bonds. The van der Waals surface area contributed by atoms with Gasteiger partial charge >= 0.3 is 0 Å². The molecular weight excluding hydrogens is 264 g/mol. The SMILES string of the molecule is CCOC1(c2noc(CCCCl)n2)CCCCCC1. The molecule has 1 aromatic rings. The van der Waals surface area contributed by atoms with Crippen LogP contribution in [0.1, 0.15) is 63.6 Å². The molecule has 1 aromatic heterocycles. The lowest BCUT2D eigenvalue weighted by molar-refractivity contribution is -0.0636. The summed E-state index contributed by atoms with van der Waals surface area (Å²) >= 11 is 5.69. The summed E-state index contributed by atoms with van der Waals surface area (Å²) in [5, 5.41) is 4.17. The highest BCUT2D eigenvalue weighted by Crippen LogP contribution is 2.38. The van der Waals surface area contributed by atoms with Crippen molar-refractivity contribution in [1.82, 2.24) is 10.1 Å². The lowest BCUT2D eigenvalue weighted by Gasteiger charge is -2.29. The van der Waals surface area contributed by atoms with E-state index in [4.69, 9.17) is 20.9 Å². The standard InChI is InChI=1S/C14H23ClN2O2/c1-2-18-14(9-5-3-4-6-10-14)13-16-12(19-17-13)8-7-11-15/h2-11H2,1H3. The Morgan fingerprint density at radius 1 is 1.26 bits per heavy atom. The Morgan fingerprint density at radius 2 is 2.00 bits per heavy atom. The van der Waals surface area contributed by atoms with Crippen molar-refractivity contribution in [1.29, 1.82) is 0 Å². The first-order chi connectivity index (χ1) is 9.30. The van der Waals surface area contributed by atoms with Crippen LogP contribution < -0.4 is 0 Å². The van der Waals surface area contributed by atoms with Crippen LogP contribution in [0.3, 0.4) is 0 Å². The Labute approximate surface area is 119 Å². The second kappa shape index (κ2) is 7.25. The lowest BCUT2D eigenvalue weighted by atomic mass is 9.93. The fourth-order valence-electron chi connectivity index (χ4n) is 2.77. The van der Waals surface area contributed by atoms with Crippen LogP contribution in [0, 0.1) is 0 Å². The van der Waals surface area contributed by atoms with Crippen LogP contribution in [-0.2, 0) is 16.8 Å². The first-order valence-electron chi connectivity index (χ1n) is 7.34. The first kappa shape index (κ1) is 14.8. The maximum atomic E-state index is 6.04. The zero-order chi connectivity index (χ0) is 13.6. The van der Waals surface area contributed by atoms with E-state index in [1.54, 1.807) is 0 Å². The van der Waals surface area contributed by atoms with E-state index >= 15 is 0 Å². The molecule has 0 N–H and O–H groups in total. The van der Waals surface area contributed by atoms with Gasteiger partial charge in [0.2, 0.25) is 11.7 Å². The van der Waals surface area contributed by atoms with Crippen molar-refractivity contribution in [2.45, 2.75) is 63.9 Å². The molecule has 0 radical (unpaired) electrons. The molecule has 0 bridgehead atoms. The smallest absolute Gasteiger partial charge is 0.226 e. The van der Waals surface area contributed by atoms with Crippen molar-refractivity contribution in [2.75, 3.05) is 12.5 Å². The maximum absolute atomic E-state index is 6.04. The van der Waals surface area contributed by atoms with E-state index in [1.807, 2.05) is 6.92 Å². The number of ether oxygens (including phenoxy) is 1. The highest BCUT2D eigenvalue weighted by molar-refractivity contribution is 6.17. The molecule has 4 nitrogen and oxygen atoms in total. The molecule has 0 saturated heterocycles. The van der Waals surface area contributed by atoms with Crippen molar-refractivity contribution in [2.24, 2.45) is 0 Å². The predicted octanol–water partition coefficient (Wildman–Crippen LogP) is 3.83. The summed E-state index contributed by atoms with van der Waals surface area (Å²) in [6.45, 7) is 2.71. The van der Waals surface area contributed by atoms with Gasteiger partial charge in [0.15, 0.2) is 0 Å². The topological polar surface area (TPSA) is 48.2 Å². The highest BCUT2D eigenvalue weighted by Gasteiger charge is 2.38. The van der Waals surface area contributed by atoms with Gasteiger partial charge < -0.3 is 9.26 Å². The third-order valence-corrected chi connectivity index (χ3v) is 4.00. The number of aryl methyl sites for hydroxylation is 1. The fraction of sp³-hybridized carbons (Fsp3) is 0.857. The zero-order valence-electron chi connectivity index (χ0n) is 11.7. The van der Waals surface area contributed by atoms with E-state index in [0.29, 0.717) is 18.4 Å². The summed E-state index contributed by atoms with van der Waals surface area (Å²) in [6, 6.07) is 0. The van der Waals surface area contributed by atoms with Crippen LogP contribution in [0.2, 0.25) is 0 Å².